The quantitative estimate of drug-likeness (QED) is 0.336. The lowest BCUT2D eigenvalue weighted by Crippen LogP contribution is -2.54. The second-order valence-corrected chi connectivity index (χ2v) is 8.50. The maximum absolute atomic E-state index is 13.3. The van der Waals surface area contributed by atoms with Crippen LogP contribution in [-0.4, -0.2) is 51.0 Å². The van der Waals surface area contributed by atoms with E-state index in [0.717, 1.165) is 16.7 Å². The van der Waals surface area contributed by atoms with Gasteiger partial charge >= 0.3 is 6.03 Å². The molecule has 1 heterocycles. The number of nitrogens with one attached hydrogen (secondary N) is 2. The SMILES string of the molecule is CCC1(C(=O)N[C@H](CN(O)C(=O)NCc2cccnc2)[C@@H](C)O)C=CC(c2ccccc2)=CC1. The largest absolute Gasteiger partial charge is 0.391 e. The van der Waals surface area contributed by atoms with Crippen LogP contribution < -0.4 is 10.6 Å². The highest BCUT2D eigenvalue weighted by Crippen LogP contribution is 2.36. The number of benzene rings is 1. The molecule has 0 saturated heterocycles. The molecule has 0 fully saturated rings. The first-order chi connectivity index (χ1) is 16.3. The van der Waals surface area contributed by atoms with Crippen LogP contribution in [0.1, 0.15) is 37.8 Å². The smallest absolute Gasteiger partial charge is 0.341 e. The molecule has 0 radical (unpaired) electrons. The summed E-state index contributed by atoms with van der Waals surface area (Å²) in [6.07, 6.45) is 9.22. The molecule has 0 aliphatic heterocycles. The number of hydrogen-bond donors (Lipinski definition) is 4. The zero-order valence-corrected chi connectivity index (χ0v) is 19.5. The lowest BCUT2D eigenvalue weighted by atomic mass is 9.76. The van der Waals surface area contributed by atoms with Crippen LogP contribution in [0.2, 0.25) is 0 Å². The molecule has 3 rings (SSSR count). The number of urea groups is 1. The number of allylic oxidation sites excluding steroid dienone is 3. The minimum Gasteiger partial charge on any atom is -0.391 e. The van der Waals surface area contributed by atoms with Gasteiger partial charge in [-0.05, 0) is 42.5 Å². The molecule has 3 amide bonds. The Balaban J connectivity index is 1.60. The van der Waals surface area contributed by atoms with Crippen LogP contribution in [0.25, 0.3) is 5.57 Å². The van der Waals surface area contributed by atoms with Gasteiger partial charge in [0, 0.05) is 18.9 Å². The molecule has 1 unspecified atom stereocenters. The Kier molecular flexibility index (Phi) is 8.56. The number of aliphatic hydroxyl groups excluding tert-OH is 1. The molecule has 0 bridgehead atoms. The van der Waals surface area contributed by atoms with Crippen LogP contribution in [0.4, 0.5) is 4.79 Å². The van der Waals surface area contributed by atoms with E-state index in [1.807, 2.05) is 55.5 Å². The Hall–Kier alpha value is -3.49. The Labute approximate surface area is 200 Å². The molecule has 1 aromatic carbocycles. The number of hydroxylamine groups is 2. The van der Waals surface area contributed by atoms with Crippen molar-refractivity contribution in [2.75, 3.05) is 6.54 Å². The van der Waals surface area contributed by atoms with Gasteiger partial charge in [-0.15, -0.1) is 0 Å². The van der Waals surface area contributed by atoms with Crippen molar-refractivity contribution in [1.82, 2.24) is 20.7 Å². The third-order valence-electron chi connectivity index (χ3n) is 6.13. The Bertz CT molecular complexity index is 1020. The summed E-state index contributed by atoms with van der Waals surface area (Å²) in [5.74, 6) is -0.260. The molecular weight excluding hydrogens is 432 g/mol. The molecule has 8 nitrogen and oxygen atoms in total. The van der Waals surface area contributed by atoms with Crippen LogP contribution >= 0.6 is 0 Å². The molecule has 8 heteroatoms. The van der Waals surface area contributed by atoms with Crippen LogP contribution in [-0.2, 0) is 11.3 Å². The summed E-state index contributed by atoms with van der Waals surface area (Å²) >= 11 is 0. The van der Waals surface area contributed by atoms with Crippen molar-refractivity contribution in [2.24, 2.45) is 5.41 Å². The monoisotopic (exact) mass is 464 g/mol. The lowest BCUT2D eigenvalue weighted by Gasteiger charge is -2.33. The zero-order chi connectivity index (χ0) is 24.6. The molecule has 1 aliphatic carbocycles. The van der Waals surface area contributed by atoms with Crippen LogP contribution in [0.15, 0.2) is 73.1 Å². The molecule has 180 valence electrons. The van der Waals surface area contributed by atoms with E-state index in [0.29, 0.717) is 17.9 Å². The third kappa shape index (κ3) is 6.30. The molecule has 34 heavy (non-hydrogen) atoms. The van der Waals surface area contributed by atoms with Gasteiger partial charge in [0.1, 0.15) is 0 Å². The third-order valence-corrected chi connectivity index (χ3v) is 6.13. The van der Waals surface area contributed by atoms with Crippen LogP contribution in [0.3, 0.4) is 0 Å². The van der Waals surface area contributed by atoms with Crippen molar-refractivity contribution in [1.29, 1.82) is 0 Å². The van der Waals surface area contributed by atoms with E-state index in [1.165, 1.54) is 6.92 Å². The maximum Gasteiger partial charge on any atom is 0.341 e. The molecule has 0 saturated carbocycles. The minimum atomic E-state index is -0.985. The van der Waals surface area contributed by atoms with Crippen molar-refractivity contribution in [2.45, 2.75) is 45.4 Å². The first-order valence-electron chi connectivity index (χ1n) is 11.4. The number of hydrogen-bond acceptors (Lipinski definition) is 5. The summed E-state index contributed by atoms with van der Waals surface area (Å²) < 4.78 is 0. The number of aliphatic hydroxyl groups is 1. The first-order valence-corrected chi connectivity index (χ1v) is 11.4. The van der Waals surface area contributed by atoms with E-state index in [2.05, 4.69) is 15.6 Å². The van der Waals surface area contributed by atoms with Gasteiger partial charge in [-0.2, -0.15) is 0 Å². The number of rotatable bonds is 9. The summed E-state index contributed by atoms with van der Waals surface area (Å²) in [6.45, 7) is 3.37. The van der Waals surface area contributed by atoms with Crippen molar-refractivity contribution in [3.05, 3.63) is 84.2 Å². The van der Waals surface area contributed by atoms with E-state index >= 15 is 0 Å². The van der Waals surface area contributed by atoms with Crippen LogP contribution in [0, 0.1) is 5.41 Å². The minimum absolute atomic E-state index is 0.190. The second kappa shape index (κ2) is 11.6. The first kappa shape index (κ1) is 25.1. The average Bonchev–Trinajstić information content (AvgIpc) is 2.87. The Morgan fingerprint density at radius 3 is 2.56 bits per heavy atom. The van der Waals surface area contributed by atoms with Gasteiger partial charge in [0.05, 0.1) is 24.1 Å². The van der Waals surface area contributed by atoms with E-state index in [9.17, 15) is 19.9 Å². The molecule has 2 aromatic rings. The van der Waals surface area contributed by atoms with Crippen molar-refractivity contribution < 1.29 is 19.9 Å². The Morgan fingerprint density at radius 1 is 1.21 bits per heavy atom. The summed E-state index contributed by atoms with van der Waals surface area (Å²) in [5.41, 5.74) is 2.14. The van der Waals surface area contributed by atoms with E-state index in [1.54, 1.807) is 24.5 Å². The molecule has 3 atom stereocenters. The molecule has 1 aliphatic rings. The highest BCUT2D eigenvalue weighted by molar-refractivity contribution is 5.88. The number of amides is 3. The van der Waals surface area contributed by atoms with Gasteiger partial charge in [-0.3, -0.25) is 15.0 Å². The lowest BCUT2D eigenvalue weighted by molar-refractivity contribution is -0.131. The van der Waals surface area contributed by atoms with Crippen molar-refractivity contribution in [3.8, 4) is 0 Å². The molecule has 0 spiro atoms. The topological polar surface area (TPSA) is 115 Å². The summed E-state index contributed by atoms with van der Waals surface area (Å²) in [7, 11) is 0. The van der Waals surface area contributed by atoms with Gasteiger partial charge in [-0.25, -0.2) is 9.86 Å². The van der Waals surface area contributed by atoms with Gasteiger partial charge in [0.25, 0.3) is 0 Å². The van der Waals surface area contributed by atoms with E-state index in [-0.39, 0.29) is 19.0 Å². The highest BCUT2D eigenvalue weighted by atomic mass is 16.5. The summed E-state index contributed by atoms with van der Waals surface area (Å²) in [5, 5.41) is 26.3. The number of nitrogens with zero attached hydrogens (tertiary/aromatic N) is 2. The van der Waals surface area contributed by atoms with Gasteiger partial charge < -0.3 is 15.7 Å². The van der Waals surface area contributed by atoms with Crippen LogP contribution in [0.5, 0.6) is 0 Å². The van der Waals surface area contributed by atoms with Gasteiger partial charge in [0.15, 0.2) is 0 Å². The predicted molar refractivity (Wildman–Crippen MR) is 129 cm³/mol. The number of carbonyl (C=O) groups excluding carboxylic acids is 2. The molecule has 4 N–H and O–H groups in total. The molecule has 1 aromatic heterocycles. The van der Waals surface area contributed by atoms with Gasteiger partial charge in [-0.1, -0.05) is 61.5 Å². The highest BCUT2D eigenvalue weighted by Gasteiger charge is 2.37. The predicted octanol–water partition coefficient (Wildman–Crippen LogP) is 3.29. The number of pyridine rings is 1. The van der Waals surface area contributed by atoms with E-state index in [4.69, 9.17) is 0 Å². The fourth-order valence-corrected chi connectivity index (χ4v) is 3.79. The fourth-order valence-electron chi connectivity index (χ4n) is 3.79. The normalized spacial score (nSPS) is 19.0. The van der Waals surface area contributed by atoms with E-state index < -0.39 is 23.6 Å². The van der Waals surface area contributed by atoms with Crippen molar-refractivity contribution in [3.63, 3.8) is 0 Å². The Morgan fingerprint density at radius 2 is 1.97 bits per heavy atom. The fraction of sp³-hybridized carbons (Fsp3) is 0.346. The standard InChI is InChI=1S/C26H32N4O4/c1-3-26(13-11-22(12-14-26)21-9-5-4-6-10-21)24(32)29-23(19(2)31)18-30(34)25(33)28-17-20-8-7-15-27-16-20/h4-13,15-16,19,23,31,34H,3,14,17-18H2,1-2H3,(H,28,33)(H,29,32)/t19-,23-,26?/m1/s1. The second-order valence-electron chi connectivity index (χ2n) is 8.50. The van der Waals surface area contributed by atoms with Crippen molar-refractivity contribution >= 4 is 17.5 Å². The molecular formula is C26H32N4O4. The maximum atomic E-state index is 13.3. The summed E-state index contributed by atoms with van der Waals surface area (Å²) in [4.78, 5) is 29.5. The number of aromatic nitrogens is 1. The zero-order valence-electron chi connectivity index (χ0n) is 19.5. The summed E-state index contributed by atoms with van der Waals surface area (Å²) in [6, 6.07) is 11.9. The average molecular weight is 465 g/mol. The van der Waals surface area contributed by atoms with Gasteiger partial charge in [0.2, 0.25) is 5.91 Å². The number of carbonyl (C=O) groups is 2.